The van der Waals surface area contributed by atoms with Gasteiger partial charge < -0.3 is 9.88 Å². The first-order chi connectivity index (χ1) is 11.8. The molecule has 1 N–H and O–H groups in total. The SMILES string of the molecule is Cl.Cn1ccnc1C1CNCCN1Cc1csc(-c2ccccn2)n1. The van der Waals surface area contributed by atoms with E-state index in [0.29, 0.717) is 0 Å². The molecule has 0 spiro atoms. The van der Waals surface area contributed by atoms with Crippen LogP contribution in [0.4, 0.5) is 0 Å². The lowest BCUT2D eigenvalue weighted by molar-refractivity contribution is 0.143. The summed E-state index contributed by atoms with van der Waals surface area (Å²) in [7, 11) is 2.05. The summed E-state index contributed by atoms with van der Waals surface area (Å²) < 4.78 is 2.10. The van der Waals surface area contributed by atoms with Crippen LogP contribution in [0.15, 0.2) is 42.2 Å². The molecule has 3 aromatic heterocycles. The first-order valence-electron chi connectivity index (χ1n) is 8.09. The normalized spacial score (nSPS) is 18.0. The second-order valence-corrected chi connectivity index (χ2v) is 6.80. The van der Waals surface area contributed by atoms with Crippen molar-refractivity contribution in [1.82, 2.24) is 29.7 Å². The number of pyridine rings is 1. The average molecular weight is 377 g/mol. The number of nitrogens with one attached hydrogen (secondary N) is 1. The van der Waals surface area contributed by atoms with Crippen molar-refractivity contribution in [2.75, 3.05) is 19.6 Å². The summed E-state index contributed by atoms with van der Waals surface area (Å²) in [4.78, 5) is 16.2. The van der Waals surface area contributed by atoms with Crippen LogP contribution in [0, 0.1) is 0 Å². The largest absolute Gasteiger partial charge is 0.337 e. The summed E-state index contributed by atoms with van der Waals surface area (Å²) in [6.07, 6.45) is 5.68. The number of hydrogen-bond acceptors (Lipinski definition) is 6. The number of hydrogen-bond donors (Lipinski definition) is 1. The van der Waals surface area contributed by atoms with Gasteiger partial charge in [0.1, 0.15) is 10.8 Å². The lowest BCUT2D eigenvalue weighted by Gasteiger charge is -2.35. The van der Waals surface area contributed by atoms with Crippen LogP contribution in [0.1, 0.15) is 17.6 Å². The summed E-state index contributed by atoms with van der Waals surface area (Å²) >= 11 is 1.66. The molecule has 1 fully saturated rings. The summed E-state index contributed by atoms with van der Waals surface area (Å²) in [6, 6.07) is 6.20. The molecule has 1 saturated heterocycles. The average Bonchev–Trinajstić information content (AvgIpc) is 3.25. The molecule has 0 aliphatic carbocycles. The molecule has 6 nitrogen and oxygen atoms in total. The van der Waals surface area contributed by atoms with Crippen LogP contribution in [0.25, 0.3) is 10.7 Å². The first-order valence-corrected chi connectivity index (χ1v) is 8.97. The molecule has 0 saturated carbocycles. The Bertz CT molecular complexity index is 802. The minimum Gasteiger partial charge on any atom is -0.337 e. The summed E-state index contributed by atoms with van der Waals surface area (Å²) in [6.45, 7) is 3.75. The molecule has 0 radical (unpaired) electrons. The van der Waals surface area contributed by atoms with Crippen molar-refractivity contribution in [2.45, 2.75) is 12.6 Å². The van der Waals surface area contributed by atoms with Gasteiger partial charge in [-0.25, -0.2) is 9.97 Å². The van der Waals surface area contributed by atoms with Gasteiger partial charge in [-0.05, 0) is 12.1 Å². The van der Waals surface area contributed by atoms with Crippen LogP contribution in [-0.4, -0.2) is 44.1 Å². The van der Waals surface area contributed by atoms with Gasteiger partial charge in [-0.1, -0.05) is 6.07 Å². The Morgan fingerprint density at radius 2 is 2.20 bits per heavy atom. The molecule has 1 aliphatic heterocycles. The molecular weight excluding hydrogens is 356 g/mol. The minimum absolute atomic E-state index is 0. The topological polar surface area (TPSA) is 58.9 Å². The highest BCUT2D eigenvalue weighted by molar-refractivity contribution is 7.13. The van der Waals surface area contributed by atoms with Gasteiger partial charge in [-0.3, -0.25) is 9.88 Å². The quantitative estimate of drug-likeness (QED) is 0.758. The van der Waals surface area contributed by atoms with Crippen molar-refractivity contribution in [1.29, 1.82) is 0 Å². The van der Waals surface area contributed by atoms with Crippen LogP contribution >= 0.6 is 23.7 Å². The third kappa shape index (κ3) is 3.90. The maximum atomic E-state index is 4.78. The fourth-order valence-corrected chi connectivity index (χ4v) is 3.87. The Kier molecular flexibility index (Phi) is 5.80. The van der Waals surface area contributed by atoms with Crippen molar-refractivity contribution < 1.29 is 0 Å². The third-order valence-corrected chi connectivity index (χ3v) is 5.23. The van der Waals surface area contributed by atoms with Crippen molar-refractivity contribution >= 4 is 23.7 Å². The van der Waals surface area contributed by atoms with Crippen LogP contribution in [0.2, 0.25) is 0 Å². The second-order valence-electron chi connectivity index (χ2n) is 5.95. The standard InChI is InChI=1S/C17H20N6S.ClH/c1-22-8-7-20-16(22)15-10-18-6-9-23(15)11-13-12-24-17(21-13)14-4-2-3-5-19-14;/h2-5,7-8,12,15,18H,6,9-11H2,1H3;1H. The predicted octanol–water partition coefficient (Wildman–Crippen LogP) is 2.51. The van der Waals surface area contributed by atoms with Crippen LogP contribution in [-0.2, 0) is 13.6 Å². The highest BCUT2D eigenvalue weighted by Gasteiger charge is 2.27. The molecule has 4 rings (SSSR count). The van der Waals surface area contributed by atoms with Crippen molar-refractivity contribution in [3.8, 4) is 10.7 Å². The molecule has 4 heterocycles. The lowest BCUT2D eigenvalue weighted by Crippen LogP contribution is -2.46. The highest BCUT2D eigenvalue weighted by atomic mass is 35.5. The lowest BCUT2D eigenvalue weighted by atomic mass is 10.1. The number of piperazine rings is 1. The van der Waals surface area contributed by atoms with E-state index in [2.05, 4.69) is 37.2 Å². The van der Waals surface area contributed by atoms with Gasteiger partial charge in [0, 0.05) is 57.2 Å². The Hall–Kier alpha value is -1.80. The Morgan fingerprint density at radius 3 is 2.96 bits per heavy atom. The fourth-order valence-electron chi connectivity index (χ4n) is 3.08. The number of nitrogens with zero attached hydrogens (tertiary/aromatic N) is 5. The van der Waals surface area contributed by atoms with Gasteiger partial charge in [0.2, 0.25) is 0 Å². The Balaban J connectivity index is 0.00000182. The summed E-state index contributed by atoms with van der Waals surface area (Å²) in [5, 5.41) is 6.60. The molecule has 3 aromatic rings. The Morgan fingerprint density at radius 1 is 1.28 bits per heavy atom. The Labute approximate surface area is 157 Å². The van der Waals surface area contributed by atoms with Gasteiger partial charge in [0.15, 0.2) is 0 Å². The number of halogens is 1. The number of imidazole rings is 1. The summed E-state index contributed by atoms with van der Waals surface area (Å²) in [5.41, 5.74) is 2.04. The fraction of sp³-hybridized carbons (Fsp3) is 0.353. The zero-order valence-corrected chi connectivity index (χ0v) is 15.6. The summed E-state index contributed by atoms with van der Waals surface area (Å²) in [5.74, 6) is 1.10. The van der Waals surface area contributed by atoms with Crippen LogP contribution in [0.5, 0.6) is 0 Å². The molecule has 0 bridgehead atoms. The molecular formula is C17H21ClN6S. The predicted molar refractivity (Wildman–Crippen MR) is 102 cm³/mol. The molecule has 1 atom stereocenters. The van der Waals surface area contributed by atoms with E-state index < -0.39 is 0 Å². The number of aryl methyl sites for hydroxylation is 1. The van der Waals surface area contributed by atoms with E-state index in [9.17, 15) is 0 Å². The smallest absolute Gasteiger partial charge is 0.142 e. The third-order valence-electron chi connectivity index (χ3n) is 4.31. The van der Waals surface area contributed by atoms with Crippen LogP contribution < -0.4 is 5.32 Å². The molecule has 8 heteroatoms. The van der Waals surface area contributed by atoms with E-state index in [1.807, 2.05) is 36.8 Å². The first kappa shape index (κ1) is 18.0. The van der Waals surface area contributed by atoms with Crippen molar-refractivity contribution in [2.24, 2.45) is 7.05 Å². The molecule has 132 valence electrons. The van der Waals surface area contributed by atoms with Gasteiger partial charge >= 0.3 is 0 Å². The maximum Gasteiger partial charge on any atom is 0.142 e. The van der Waals surface area contributed by atoms with Gasteiger partial charge in [0.05, 0.1) is 17.4 Å². The zero-order valence-electron chi connectivity index (χ0n) is 14.0. The van der Waals surface area contributed by atoms with E-state index in [-0.39, 0.29) is 18.4 Å². The maximum absolute atomic E-state index is 4.78. The van der Waals surface area contributed by atoms with E-state index in [1.54, 1.807) is 11.3 Å². The second kappa shape index (κ2) is 8.05. The number of rotatable bonds is 4. The molecule has 0 amide bonds. The number of aromatic nitrogens is 4. The zero-order chi connectivity index (χ0) is 16.4. The highest BCUT2D eigenvalue weighted by Crippen LogP contribution is 2.26. The number of thiazole rings is 1. The van der Waals surface area contributed by atoms with E-state index in [4.69, 9.17) is 4.98 Å². The van der Waals surface area contributed by atoms with E-state index in [0.717, 1.165) is 48.4 Å². The minimum atomic E-state index is 0. The van der Waals surface area contributed by atoms with Crippen molar-refractivity contribution in [3.05, 3.63) is 53.7 Å². The molecule has 0 aromatic carbocycles. The van der Waals surface area contributed by atoms with Crippen LogP contribution in [0.3, 0.4) is 0 Å². The van der Waals surface area contributed by atoms with Gasteiger partial charge in [-0.2, -0.15) is 0 Å². The van der Waals surface area contributed by atoms with E-state index in [1.165, 1.54) is 0 Å². The van der Waals surface area contributed by atoms with Gasteiger partial charge in [-0.15, -0.1) is 23.7 Å². The van der Waals surface area contributed by atoms with Crippen molar-refractivity contribution in [3.63, 3.8) is 0 Å². The van der Waals surface area contributed by atoms with Gasteiger partial charge in [0.25, 0.3) is 0 Å². The molecule has 25 heavy (non-hydrogen) atoms. The van der Waals surface area contributed by atoms with E-state index >= 15 is 0 Å². The molecule has 1 unspecified atom stereocenters. The monoisotopic (exact) mass is 376 g/mol. The molecule has 1 aliphatic rings.